The highest BCUT2D eigenvalue weighted by atomic mass is 16.5. The number of carbonyl (C=O) groups excluding carboxylic acids is 2. The van der Waals surface area contributed by atoms with Crippen molar-refractivity contribution >= 4 is 35.0 Å². The van der Waals surface area contributed by atoms with E-state index in [0.29, 0.717) is 35.4 Å². The average molecular weight is 366 g/mol. The molecule has 0 fully saturated rings. The Morgan fingerprint density at radius 1 is 1.30 bits per heavy atom. The second kappa shape index (κ2) is 8.17. The molecule has 0 spiro atoms. The lowest BCUT2D eigenvalue weighted by Gasteiger charge is -2.09. The number of nitrogens with two attached hydrogens (primary N) is 1. The van der Waals surface area contributed by atoms with Gasteiger partial charge in [0.1, 0.15) is 6.29 Å². The number of nitrogen functional groups attached to an aromatic ring is 1. The average Bonchev–Trinajstić information content (AvgIpc) is 2.66. The molecule has 1 amide bonds. The molecule has 1 aromatic carbocycles. The SMILES string of the molecule is CCOc1nc(N)nc2ncc(-c3cccc(NC(=O)CCC=O)c3)nc12. The van der Waals surface area contributed by atoms with E-state index >= 15 is 0 Å². The van der Waals surface area contributed by atoms with E-state index in [1.54, 1.807) is 24.4 Å². The van der Waals surface area contributed by atoms with Gasteiger partial charge in [-0.05, 0) is 19.1 Å². The molecule has 27 heavy (non-hydrogen) atoms. The van der Waals surface area contributed by atoms with Gasteiger partial charge in [0, 0.05) is 24.1 Å². The molecule has 3 N–H and O–H groups in total. The zero-order valence-corrected chi connectivity index (χ0v) is 14.7. The van der Waals surface area contributed by atoms with E-state index in [9.17, 15) is 9.59 Å². The number of ether oxygens (including phenoxy) is 1. The van der Waals surface area contributed by atoms with Gasteiger partial charge in [0.25, 0.3) is 0 Å². The van der Waals surface area contributed by atoms with Crippen LogP contribution in [-0.2, 0) is 9.59 Å². The maximum absolute atomic E-state index is 11.8. The summed E-state index contributed by atoms with van der Waals surface area (Å²) in [4.78, 5) is 39.2. The Morgan fingerprint density at radius 2 is 2.15 bits per heavy atom. The van der Waals surface area contributed by atoms with Crippen LogP contribution < -0.4 is 15.8 Å². The maximum Gasteiger partial charge on any atom is 0.247 e. The molecule has 0 aliphatic carbocycles. The maximum atomic E-state index is 11.8. The number of aromatic nitrogens is 4. The topological polar surface area (TPSA) is 133 Å². The van der Waals surface area contributed by atoms with Crippen LogP contribution >= 0.6 is 0 Å². The Hall–Kier alpha value is -3.62. The van der Waals surface area contributed by atoms with E-state index < -0.39 is 0 Å². The van der Waals surface area contributed by atoms with Crippen LogP contribution in [0.5, 0.6) is 5.88 Å². The van der Waals surface area contributed by atoms with Crippen molar-refractivity contribution in [3.63, 3.8) is 0 Å². The molecular formula is C18H18N6O3. The minimum atomic E-state index is -0.230. The van der Waals surface area contributed by atoms with Crippen LogP contribution in [0.2, 0.25) is 0 Å². The van der Waals surface area contributed by atoms with Crippen molar-refractivity contribution in [3.8, 4) is 17.1 Å². The summed E-state index contributed by atoms with van der Waals surface area (Å²) in [6.07, 6.45) is 2.61. The third-order valence-corrected chi connectivity index (χ3v) is 3.60. The van der Waals surface area contributed by atoms with Crippen molar-refractivity contribution < 1.29 is 14.3 Å². The van der Waals surface area contributed by atoms with Crippen LogP contribution in [0.1, 0.15) is 19.8 Å². The number of benzene rings is 1. The van der Waals surface area contributed by atoms with Crippen molar-refractivity contribution in [3.05, 3.63) is 30.5 Å². The third kappa shape index (κ3) is 4.32. The molecule has 3 aromatic rings. The van der Waals surface area contributed by atoms with E-state index in [-0.39, 0.29) is 30.6 Å². The first-order chi connectivity index (χ1) is 13.1. The number of anilines is 2. The summed E-state index contributed by atoms with van der Waals surface area (Å²) < 4.78 is 5.49. The molecule has 2 aromatic heterocycles. The molecule has 0 aliphatic rings. The van der Waals surface area contributed by atoms with Gasteiger partial charge in [0.2, 0.25) is 17.7 Å². The minimum absolute atomic E-state index is 0.0630. The van der Waals surface area contributed by atoms with Crippen LogP contribution in [0.25, 0.3) is 22.4 Å². The number of nitrogens with one attached hydrogen (secondary N) is 1. The first-order valence-electron chi connectivity index (χ1n) is 8.37. The summed E-state index contributed by atoms with van der Waals surface area (Å²) in [6, 6.07) is 7.16. The van der Waals surface area contributed by atoms with Gasteiger partial charge < -0.3 is 20.6 Å². The van der Waals surface area contributed by atoms with Gasteiger partial charge in [-0.15, -0.1) is 0 Å². The highest BCUT2D eigenvalue weighted by molar-refractivity contribution is 5.92. The van der Waals surface area contributed by atoms with Crippen LogP contribution in [-0.4, -0.2) is 38.7 Å². The summed E-state index contributed by atoms with van der Waals surface area (Å²) in [7, 11) is 0. The standard InChI is InChI=1S/C18H18N6O3/c1-2-27-17-15-16(23-18(19)24-17)20-10-13(22-15)11-5-3-6-12(9-11)21-14(26)7-4-8-25/h3,5-6,8-10H,2,4,7H2,1H3,(H,21,26)(H2,19,20,23,24). The van der Waals surface area contributed by atoms with Crippen LogP contribution in [0.15, 0.2) is 30.5 Å². The fourth-order valence-electron chi connectivity index (χ4n) is 2.44. The molecule has 0 radical (unpaired) electrons. The normalized spacial score (nSPS) is 10.6. The monoisotopic (exact) mass is 366 g/mol. The zero-order chi connectivity index (χ0) is 19.2. The molecule has 3 rings (SSSR count). The molecule has 0 saturated carbocycles. The minimum Gasteiger partial charge on any atom is -0.476 e. The highest BCUT2D eigenvalue weighted by Crippen LogP contribution is 2.25. The van der Waals surface area contributed by atoms with E-state index in [4.69, 9.17) is 10.5 Å². The molecular weight excluding hydrogens is 348 g/mol. The lowest BCUT2D eigenvalue weighted by atomic mass is 10.1. The van der Waals surface area contributed by atoms with Gasteiger partial charge in [0.05, 0.1) is 18.5 Å². The molecule has 0 saturated heterocycles. The van der Waals surface area contributed by atoms with Gasteiger partial charge in [-0.25, -0.2) is 9.97 Å². The summed E-state index contributed by atoms with van der Waals surface area (Å²) in [5.41, 5.74) is 8.34. The first-order valence-corrected chi connectivity index (χ1v) is 8.37. The number of aldehydes is 1. The molecule has 0 bridgehead atoms. The Bertz CT molecular complexity index is 992. The summed E-state index contributed by atoms with van der Waals surface area (Å²) in [5, 5.41) is 2.75. The van der Waals surface area contributed by atoms with E-state index in [1.165, 1.54) is 0 Å². The Kier molecular flexibility index (Phi) is 5.50. The molecule has 0 unspecified atom stereocenters. The molecule has 0 aliphatic heterocycles. The summed E-state index contributed by atoms with van der Waals surface area (Å²) in [6.45, 7) is 2.23. The second-order valence-electron chi connectivity index (χ2n) is 5.58. The summed E-state index contributed by atoms with van der Waals surface area (Å²) in [5.74, 6) is 0.104. The van der Waals surface area contributed by atoms with Crippen LogP contribution in [0.4, 0.5) is 11.6 Å². The third-order valence-electron chi connectivity index (χ3n) is 3.60. The van der Waals surface area contributed by atoms with E-state index in [1.807, 2.05) is 13.0 Å². The number of amides is 1. The highest BCUT2D eigenvalue weighted by Gasteiger charge is 2.12. The number of hydrogen-bond donors (Lipinski definition) is 2. The predicted molar refractivity (Wildman–Crippen MR) is 100 cm³/mol. The van der Waals surface area contributed by atoms with Crippen molar-refractivity contribution in [1.29, 1.82) is 0 Å². The van der Waals surface area contributed by atoms with Crippen molar-refractivity contribution in [2.45, 2.75) is 19.8 Å². The van der Waals surface area contributed by atoms with Gasteiger partial charge in [-0.2, -0.15) is 9.97 Å². The number of rotatable bonds is 7. The van der Waals surface area contributed by atoms with Gasteiger partial charge in [-0.1, -0.05) is 12.1 Å². The van der Waals surface area contributed by atoms with Crippen LogP contribution in [0, 0.1) is 0 Å². The Balaban J connectivity index is 1.94. The predicted octanol–water partition coefficient (Wildman–Crippen LogP) is 1.99. The van der Waals surface area contributed by atoms with E-state index in [2.05, 4.69) is 25.3 Å². The van der Waals surface area contributed by atoms with Crippen molar-refractivity contribution in [2.75, 3.05) is 17.7 Å². The van der Waals surface area contributed by atoms with Gasteiger partial charge in [0.15, 0.2) is 11.2 Å². The van der Waals surface area contributed by atoms with Crippen molar-refractivity contribution in [1.82, 2.24) is 19.9 Å². The van der Waals surface area contributed by atoms with Crippen molar-refractivity contribution in [2.24, 2.45) is 0 Å². The number of nitrogens with zero attached hydrogens (tertiary/aromatic N) is 4. The molecule has 0 atom stereocenters. The van der Waals surface area contributed by atoms with Crippen LogP contribution in [0.3, 0.4) is 0 Å². The first kappa shape index (κ1) is 18.2. The Morgan fingerprint density at radius 3 is 2.93 bits per heavy atom. The van der Waals surface area contributed by atoms with Gasteiger partial charge in [-0.3, -0.25) is 4.79 Å². The molecule has 138 valence electrons. The lowest BCUT2D eigenvalue weighted by molar-refractivity contribution is -0.118. The smallest absolute Gasteiger partial charge is 0.247 e. The molecule has 2 heterocycles. The lowest BCUT2D eigenvalue weighted by Crippen LogP contribution is -2.11. The van der Waals surface area contributed by atoms with Gasteiger partial charge >= 0.3 is 0 Å². The Labute approximate surface area is 155 Å². The fourth-order valence-corrected chi connectivity index (χ4v) is 2.44. The second-order valence-corrected chi connectivity index (χ2v) is 5.58. The largest absolute Gasteiger partial charge is 0.476 e. The zero-order valence-electron chi connectivity index (χ0n) is 14.7. The number of hydrogen-bond acceptors (Lipinski definition) is 8. The number of carbonyl (C=O) groups is 2. The molecule has 9 nitrogen and oxygen atoms in total. The summed E-state index contributed by atoms with van der Waals surface area (Å²) >= 11 is 0. The molecule has 9 heteroatoms. The fraction of sp³-hybridized carbons (Fsp3) is 0.222. The van der Waals surface area contributed by atoms with E-state index in [0.717, 1.165) is 5.56 Å². The number of fused-ring (bicyclic) bond motifs is 1. The quantitative estimate of drug-likeness (QED) is 0.606.